The smallest absolute Gasteiger partial charge is 0.247 e. The molecule has 0 aromatic heterocycles. The number of nitrogens with zero attached hydrogens (tertiary/aromatic N) is 1. The first-order valence-electron chi connectivity index (χ1n) is 9.54. The Morgan fingerprint density at radius 1 is 1.12 bits per heavy atom. The first-order valence-corrected chi connectivity index (χ1v) is 9.54. The van der Waals surface area contributed by atoms with E-state index in [0.717, 1.165) is 31.2 Å². The fourth-order valence-corrected chi connectivity index (χ4v) is 3.49. The topological polar surface area (TPSA) is 49.4 Å². The number of hydrogen-bond acceptors (Lipinski definition) is 2. The summed E-state index contributed by atoms with van der Waals surface area (Å²) in [5.41, 5.74) is 0.828. The van der Waals surface area contributed by atoms with Crippen LogP contribution in [0.2, 0.25) is 0 Å². The summed E-state index contributed by atoms with van der Waals surface area (Å²) in [5.74, 6) is -0.158. The van der Waals surface area contributed by atoms with Crippen molar-refractivity contribution in [3.05, 3.63) is 61.2 Å². The van der Waals surface area contributed by atoms with Crippen LogP contribution in [0.15, 0.2) is 55.6 Å². The van der Waals surface area contributed by atoms with E-state index in [4.69, 9.17) is 0 Å². The average Bonchev–Trinajstić information content (AvgIpc) is 2.67. The predicted molar refractivity (Wildman–Crippen MR) is 106 cm³/mol. The van der Waals surface area contributed by atoms with Crippen molar-refractivity contribution < 1.29 is 9.59 Å². The molecule has 1 aliphatic carbocycles. The molecule has 1 aliphatic rings. The van der Waals surface area contributed by atoms with E-state index in [1.807, 2.05) is 30.3 Å². The summed E-state index contributed by atoms with van der Waals surface area (Å²) in [6, 6.07) is 9.10. The maximum Gasteiger partial charge on any atom is 0.247 e. The highest BCUT2D eigenvalue weighted by atomic mass is 16.2. The van der Waals surface area contributed by atoms with Crippen molar-refractivity contribution >= 4 is 11.8 Å². The molecule has 4 nitrogen and oxygen atoms in total. The normalized spacial score (nSPS) is 15.7. The summed E-state index contributed by atoms with van der Waals surface area (Å²) in [6.07, 6.45) is 9.90. The predicted octanol–water partition coefficient (Wildman–Crippen LogP) is 4.16. The molecule has 140 valence electrons. The van der Waals surface area contributed by atoms with Crippen LogP contribution in [0.4, 0.5) is 0 Å². The van der Waals surface area contributed by atoms with E-state index in [1.54, 1.807) is 17.1 Å². The Kier molecular flexibility index (Phi) is 8.13. The van der Waals surface area contributed by atoms with E-state index in [1.165, 1.54) is 6.42 Å². The molecule has 1 N–H and O–H groups in total. The van der Waals surface area contributed by atoms with Crippen LogP contribution in [0.25, 0.3) is 0 Å². The Morgan fingerprint density at radius 2 is 1.81 bits per heavy atom. The van der Waals surface area contributed by atoms with Gasteiger partial charge in [-0.3, -0.25) is 9.59 Å². The molecule has 0 bridgehead atoms. The number of nitrogens with one attached hydrogen (secondary N) is 1. The maximum absolute atomic E-state index is 13.1. The largest absolute Gasteiger partial charge is 0.351 e. The van der Waals surface area contributed by atoms with Crippen LogP contribution < -0.4 is 5.32 Å². The lowest BCUT2D eigenvalue weighted by molar-refractivity contribution is -0.140. The molecule has 2 amide bonds. The minimum Gasteiger partial charge on any atom is -0.351 e. The maximum atomic E-state index is 13.1. The Balaban J connectivity index is 2.25. The molecule has 2 rings (SSSR count). The quantitative estimate of drug-likeness (QED) is 0.677. The van der Waals surface area contributed by atoms with Crippen molar-refractivity contribution in [2.45, 2.75) is 57.0 Å². The van der Waals surface area contributed by atoms with E-state index in [2.05, 4.69) is 18.5 Å². The molecule has 0 heterocycles. The van der Waals surface area contributed by atoms with Gasteiger partial charge in [0.15, 0.2) is 0 Å². The zero-order valence-electron chi connectivity index (χ0n) is 15.5. The van der Waals surface area contributed by atoms with Gasteiger partial charge in [0, 0.05) is 19.0 Å². The molecular formula is C22H30N2O2. The molecular weight excluding hydrogens is 324 g/mol. The second kappa shape index (κ2) is 10.6. The third-order valence-corrected chi connectivity index (χ3v) is 4.84. The molecule has 1 fully saturated rings. The molecule has 0 radical (unpaired) electrons. The molecule has 1 aromatic carbocycles. The van der Waals surface area contributed by atoms with Gasteiger partial charge in [0.2, 0.25) is 11.8 Å². The first kappa shape index (κ1) is 20.0. The lowest BCUT2D eigenvalue weighted by atomic mass is 9.94. The minimum absolute atomic E-state index is 0.0579. The average molecular weight is 354 g/mol. The summed E-state index contributed by atoms with van der Waals surface area (Å²) < 4.78 is 0. The number of carbonyl (C=O) groups excluding carboxylic acids is 2. The second-order valence-electron chi connectivity index (χ2n) is 6.82. The number of hydrogen-bond donors (Lipinski definition) is 1. The van der Waals surface area contributed by atoms with Crippen molar-refractivity contribution in [1.29, 1.82) is 0 Å². The summed E-state index contributed by atoms with van der Waals surface area (Å²) in [7, 11) is 0. The van der Waals surface area contributed by atoms with Crippen LogP contribution in [-0.4, -0.2) is 29.3 Å². The lowest BCUT2D eigenvalue weighted by Gasteiger charge is -2.32. The number of amides is 2. The standard InChI is InChI=1S/C22H30N2O2/c1-3-5-16-20(25)24(17-4-2)21(18-12-8-6-9-13-18)22(26)23-19-14-10-7-11-15-19/h3-4,6,8-9,12-13,19,21H,1-2,5,7,10-11,14-17H2,(H,23,26). The van der Waals surface area contributed by atoms with Gasteiger partial charge in [0.05, 0.1) is 0 Å². The Labute approximate surface area is 157 Å². The third-order valence-electron chi connectivity index (χ3n) is 4.84. The number of allylic oxidation sites excluding steroid dienone is 1. The summed E-state index contributed by atoms with van der Waals surface area (Å²) in [5, 5.41) is 3.18. The Hall–Kier alpha value is -2.36. The van der Waals surface area contributed by atoms with Gasteiger partial charge in [-0.15, -0.1) is 13.2 Å². The molecule has 4 heteroatoms. The molecule has 0 aliphatic heterocycles. The van der Waals surface area contributed by atoms with Gasteiger partial charge >= 0.3 is 0 Å². The first-order chi connectivity index (χ1) is 12.7. The minimum atomic E-state index is -0.631. The van der Waals surface area contributed by atoms with Crippen molar-refractivity contribution in [2.75, 3.05) is 6.54 Å². The van der Waals surface area contributed by atoms with Gasteiger partial charge in [-0.25, -0.2) is 0 Å². The fraction of sp³-hybridized carbons (Fsp3) is 0.455. The SMILES string of the molecule is C=CCCC(=O)N(CC=C)C(C(=O)NC1CCCCC1)c1ccccc1. The van der Waals surface area contributed by atoms with E-state index in [-0.39, 0.29) is 17.9 Å². The molecule has 1 unspecified atom stereocenters. The van der Waals surface area contributed by atoms with Crippen LogP contribution in [0.5, 0.6) is 0 Å². The van der Waals surface area contributed by atoms with Gasteiger partial charge in [-0.2, -0.15) is 0 Å². The highest BCUT2D eigenvalue weighted by Gasteiger charge is 2.31. The lowest BCUT2D eigenvalue weighted by Crippen LogP contribution is -2.47. The number of benzene rings is 1. The summed E-state index contributed by atoms with van der Waals surface area (Å²) in [4.78, 5) is 27.5. The van der Waals surface area contributed by atoms with Gasteiger partial charge in [0.25, 0.3) is 0 Å². The number of carbonyl (C=O) groups is 2. The Morgan fingerprint density at radius 3 is 2.42 bits per heavy atom. The van der Waals surface area contributed by atoms with Crippen LogP contribution in [0.1, 0.15) is 56.6 Å². The third kappa shape index (κ3) is 5.58. The molecule has 1 saturated carbocycles. The molecule has 0 saturated heterocycles. The van der Waals surface area contributed by atoms with Gasteiger partial charge in [-0.1, -0.05) is 61.7 Å². The van der Waals surface area contributed by atoms with Gasteiger partial charge in [-0.05, 0) is 24.8 Å². The van der Waals surface area contributed by atoms with E-state index in [0.29, 0.717) is 19.4 Å². The Bertz CT molecular complexity index is 606. The summed E-state index contributed by atoms with van der Waals surface area (Å²) in [6.45, 7) is 7.79. The highest BCUT2D eigenvalue weighted by molar-refractivity contribution is 5.89. The molecule has 1 aromatic rings. The van der Waals surface area contributed by atoms with Gasteiger partial charge in [0.1, 0.15) is 6.04 Å². The van der Waals surface area contributed by atoms with Crippen LogP contribution in [0.3, 0.4) is 0 Å². The van der Waals surface area contributed by atoms with Gasteiger partial charge < -0.3 is 10.2 Å². The zero-order chi connectivity index (χ0) is 18.8. The van der Waals surface area contributed by atoms with Crippen molar-refractivity contribution in [3.8, 4) is 0 Å². The number of rotatable bonds is 9. The van der Waals surface area contributed by atoms with E-state index in [9.17, 15) is 9.59 Å². The van der Waals surface area contributed by atoms with Crippen LogP contribution in [0, 0.1) is 0 Å². The monoisotopic (exact) mass is 354 g/mol. The fourth-order valence-electron chi connectivity index (χ4n) is 3.49. The highest BCUT2D eigenvalue weighted by Crippen LogP contribution is 2.24. The van der Waals surface area contributed by atoms with Crippen LogP contribution in [-0.2, 0) is 9.59 Å². The van der Waals surface area contributed by atoms with E-state index < -0.39 is 6.04 Å². The van der Waals surface area contributed by atoms with E-state index >= 15 is 0 Å². The molecule has 1 atom stereocenters. The van der Waals surface area contributed by atoms with Crippen LogP contribution >= 0.6 is 0 Å². The van der Waals surface area contributed by atoms with Crippen molar-refractivity contribution in [2.24, 2.45) is 0 Å². The molecule has 0 spiro atoms. The van der Waals surface area contributed by atoms with Crippen molar-refractivity contribution in [1.82, 2.24) is 10.2 Å². The zero-order valence-corrected chi connectivity index (χ0v) is 15.5. The molecule has 26 heavy (non-hydrogen) atoms. The van der Waals surface area contributed by atoms with Crippen molar-refractivity contribution in [3.63, 3.8) is 0 Å². The second-order valence-corrected chi connectivity index (χ2v) is 6.82. The summed E-state index contributed by atoms with van der Waals surface area (Å²) >= 11 is 0.